The van der Waals surface area contributed by atoms with Crippen LogP contribution in [0.2, 0.25) is 0 Å². The summed E-state index contributed by atoms with van der Waals surface area (Å²) in [5.41, 5.74) is 26.2. The summed E-state index contributed by atoms with van der Waals surface area (Å²) in [6.07, 6.45) is 0. The topological polar surface area (TPSA) is 13.1 Å². The van der Waals surface area contributed by atoms with E-state index in [2.05, 4.69) is 540 Å². The second kappa shape index (κ2) is 35.1. The van der Waals surface area contributed by atoms with E-state index in [1.54, 1.807) is 0 Å². The van der Waals surface area contributed by atoms with Crippen LogP contribution in [0.25, 0.3) is 295 Å². The normalized spacial score (nSPS) is 11.7. The molecule has 672 valence electrons. The number of furan rings is 1. The van der Waals surface area contributed by atoms with Gasteiger partial charge in [-0.3, -0.25) is 0 Å². The summed E-state index contributed by atoms with van der Waals surface area (Å²) >= 11 is 0. The summed E-state index contributed by atoms with van der Waals surface area (Å²) in [7, 11) is 0. The van der Waals surface area contributed by atoms with Crippen molar-refractivity contribution in [3.63, 3.8) is 0 Å². The Bertz CT molecular complexity index is 10400. The molecular formula is C144H90O. The molecule has 1 nitrogen and oxygen atoms in total. The summed E-state index contributed by atoms with van der Waals surface area (Å²) in [5.74, 6) is 0. The second-order valence-corrected chi connectivity index (χ2v) is 38.5. The third-order valence-electron chi connectivity index (χ3n) is 30.5. The molecule has 0 aliphatic heterocycles. The molecule has 1 heterocycles. The van der Waals surface area contributed by atoms with Gasteiger partial charge in [-0.15, -0.1) is 0 Å². The van der Waals surface area contributed by atoms with Gasteiger partial charge < -0.3 is 4.42 Å². The van der Waals surface area contributed by atoms with Crippen LogP contribution in [0.3, 0.4) is 0 Å². The Morgan fingerprint density at radius 1 is 0.0897 bits per heavy atom. The first kappa shape index (κ1) is 84.2. The van der Waals surface area contributed by atoms with Crippen LogP contribution in [-0.2, 0) is 0 Å². The molecular weight excluding hydrogens is 1750 g/mol. The molecule has 0 amide bonds. The van der Waals surface area contributed by atoms with Gasteiger partial charge in [0, 0.05) is 16.3 Å². The van der Waals surface area contributed by atoms with Crippen molar-refractivity contribution < 1.29 is 4.42 Å². The Morgan fingerprint density at radius 3 is 0.634 bits per heavy atom. The highest BCUT2D eigenvalue weighted by atomic mass is 16.3. The Hall–Kier alpha value is -18.9. The molecule has 1 heteroatoms. The molecule has 0 aliphatic carbocycles. The zero-order chi connectivity index (χ0) is 95.5. The van der Waals surface area contributed by atoms with Crippen LogP contribution in [0.15, 0.2) is 550 Å². The van der Waals surface area contributed by atoms with Crippen molar-refractivity contribution >= 4 is 184 Å². The van der Waals surface area contributed by atoms with Crippen LogP contribution in [0.4, 0.5) is 0 Å². The quantitative estimate of drug-likeness (QED) is 0.124. The van der Waals surface area contributed by atoms with Gasteiger partial charge in [0.25, 0.3) is 0 Å². The Labute approximate surface area is 839 Å². The van der Waals surface area contributed by atoms with Crippen molar-refractivity contribution in [2.24, 2.45) is 0 Å². The predicted molar refractivity (Wildman–Crippen MR) is 624 cm³/mol. The van der Waals surface area contributed by atoms with Gasteiger partial charge in [-0.05, 0) is 334 Å². The molecule has 0 aliphatic rings. The van der Waals surface area contributed by atoms with E-state index in [0.717, 1.165) is 33.1 Å². The number of fused-ring (bicyclic) bond motifs is 33. The smallest absolute Gasteiger partial charge is 0.143 e. The van der Waals surface area contributed by atoms with E-state index in [9.17, 15) is 0 Å². The lowest BCUT2D eigenvalue weighted by Crippen LogP contribution is -1.90. The van der Waals surface area contributed by atoms with E-state index < -0.39 is 0 Å². The SMILES string of the molecule is c1ccc(-c2cc(-c3ccc(-c4ccc(-c5ccc6c7ccccc7c7ccccc7c6c5)cc4)cc3)cc3c4ccccc4c4ccccc4c23)cc1.c1ccc(-c2cc(-c3cccc(-c4cccc(-c5ccc6c7ccccc7c7ccccc7c6c5)c4)c3)cc3c4ccccc4c4ccccc4c23)cc1.c1ccc(-c2cc(-c3cccc4c3oc3ccccc34)cc3c4ccccc4c4ccccc4c23)cc1. The van der Waals surface area contributed by atoms with Crippen molar-refractivity contribution in [3.05, 3.63) is 546 Å². The summed E-state index contributed by atoms with van der Waals surface area (Å²) < 4.78 is 6.45. The summed E-state index contributed by atoms with van der Waals surface area (Å²) in [5, 5.41) is 41.1. The van der Waals surface area contributed by atoms with Crippen LogP contribution in [0.5, 0.6) is 0 Å². The summed E-state index contributed by atoms with van der Waals surface area (Å²) in [6, 6.07) is 200. The van der Waals surface area contributed by atoms with Gasteiger partial charge in [0.1, 0.15) is 11.2 Å². The number of hydrogen-bond acceptors (Lipinski definition) is 1. The zero-order valence-electron chi connectivity index (χ0n) is 79.4. The molecule has 0 N–H and O–H groups in total. The monoisotopic (exact) mass is 1830 g/mol. The van der Waals surface area contributed by atoms with Crippen molar-refractivity contribution in [3.8, 4) is 111 Å². The maximum atomic E-state index is 6.45. The fourth-order valence-corrected chi connectivity index (χ4v) is 23.7. The van der Waals surface area contributed by atoms with Gasteiger partial charge in [0.2, 0.25) is 0 Å². The highest BCUT2D eigenvalue weighted by Gasteiger charge is 2.24. The molecule has 0 saturated heterocycles. The minimum Gasteiger partial charge on any atom is -0.455 e. The molecule has 29 aromatic carbocycles. The van der Waals surface area contributed by atoms with E-state index in [1.807, 2.05) is 6.07 Å². The van der Waals surface area contributed by atoms with Gasteiger partial charge in [0.05, 0.1) is 0 Å². The molecule has 0 radical (unpaired) electrons. The maximum Gasteiger partial charge on any atom is 0.143 e. The Balaban J connectivity index is 0.000000108. The Kier molecular flexibility index (Phi) is 20.4. The van der Waals surface area contributed by atoms with E-state index in [4.69, 9.17) is 4.42 Å². The third kappa shape index (κ3) is 14.5. The number of para-hydroxylation sites is 2. The van der Waals surface area contributed by atoms with Crippen molar-refractivity contribution in [2.45, 2.75) is 0 Å². The van der Waals surface area contributed by atoms with Gasteiger partial charge in [-0.25, -0.2) is 0 Å². The molecule has 0 bridgehead atoms. The minimum atomic E-state index is 0.922. The van der Waals surface area contributed by atoms with E-state index >= 15 is 0 Å². The van der Waals surface area contributed by atoms with E-state index in [-0.39, 0.29) is 0 Å². The van der Waals surface area contributed by atoms with E-state index in [0.29, 0.717) is 0 Å². The van der Waals surface area contributed by atoms with Crippen molar-refractivity contribution in [1.82, 2.24) is 0 Å². The largest absolute Gasteiger partial charge is 0.455 e. The molecule has 0 atom stereocenters. The molecule has 0 spiro atoms. The molecule has 0 saturated carbocycles. The zero-order valence-corrected chi connectivity index (χ0v) is 79.4. The molecule has 1 aromatic heterocycles. The molecule has 145 heavy (non-hydrogen) atoms. The summed E-state index contributed by atoms with van der Waals surface area (Å²) in [4.78, 5) is 0. The fraction of sp³-hybridized carbons (Fsp3) is 0. The number of rotatable bonds is 10. The first-order valence-electron chi connectivity index (χ1n) is 50.2. The highest BCUT2D eigenvalue weighted by molar-refractivity contribution is 6.34. The summed E-state index contributed by atoms with van der Waals surface area (Å²) in [6.45, 7) is 0. The molecule has 30 aromatic rings. The highest BCUT2D eigenvalue weighted by Crippen LogP contribution is 2.51. The van der Waals surface area contributed by atoms with Gasteiger partial charge in [-0.2, -0.15) is 0 Å². The van der Waals surface area contributed by atoms with Crippen molar-refractivity contribution in [1.29, 1.82) is 0 Å². The van der Waals surface area contributed by atoms with Crippen LogP contribution in [0.1, 0.15) is 0 Å². The lowest BCUT2D eigenvalue weighted by molar-refractivity contribution is 0.670. The minimum absolute atomic E-state index is 0.922. The number of hydrogen-bond donors (Lipinski definition) is 0. The number of benzene rings is 29. The van der Waals surface area contributed by atoms with E-state index in [1.165, 1.54) is 262 Å². The lowest BCUT2D eigenvalue weighted by atomic mass is 9.86. The standard InChI is InChI=1S/2C54H34.C36H22O/c1-2-14-35(15-3-1)51-33-41(34-53-48-26-9-7-23-45(48)46-24-10-11-27-50(46)54(51)53)39-19-13-17-37(31-39)36-16-12-18-38(30-36)40-28-29-49-44-22-5-4-20-42(44)43-21-6-8-25-47(43)52(49)32-40;1-2-12-39(13-3-1)51-33-41(34-53-48-20-9-7-17-45(48)46-18-10-11-21-50(46)54(51)53)38-28-24-36(25-29-38)35-22-26-37(27-23-35)40-30-31-49-44-16-5-4-14-42(44)43-15-6-8-19-47(43)52(49)32-40;1-2-11-23(12-3-1)32-21-24(25-18-10-19-31-29-16-8-9-20-34(29)37-36(25)31)22-33-28-15-5-4-13-26(28)27-14-6-7-17-30(27)35(32)33/h2*1-34H;1-22H. The lowest BCUT2D eigenvalue weighted by Gasteiger charge is -2.17. The Morgan fingerprint density at radius 2 is 0.290 bits per heavy atom. The second-order valence-electron chi connectivity index (χ2n) is 38.5. The van der Waals surface area contributed by atoms with Crippen LogP contribution in [0, 0.1) is 0 Å². The fourth-order valence-electron chi connectivity index (χ4n) is 23.7. The van der Waals surface area contributed by atoms with Crippen LogP contribution >= 0.6 is 0 Å². The van der Waals surface area contributed by atoms with Gasteiger partial charge in [0.15, 0.2) is 0 Å². The molecule has 30 rings (SSSR count). The van der Waals surface area contributed by atoms with Gasteiger partial charge in [-0.1, -0.05) is 479 Å². The van der Waals surface area contributed by atoms with Crippen LogP contribution in [-0.4, -0.2) is 0 Å². The maximum absolute atomic E-state index is 6.45. The van der Waals surface area contributed by atoms with Crippen LogP contribution < -0.4 is 0 Å². The molecule has 0 fully saturated rings. The third-order valence-corrected chi connectivity index (χ3v) is 30.5. The first-order valence-corrected chi connectivity index (χ1v) is 50.2. The predicted octanol–water partition coefficient (Wildman–Crippen LogP) is 40.9. The van der Waals surface area contributed by atoms with Gasteiger partial charge >= 0.3 is 0 Å². The van der Waals surface area contributed by atoms with Crippen molar-refractivity contribution in [2.75, 3.05) is 0 Å². The first-order chi connectivity index (χ1) is 71.9. The molecule has 0 unspecified atom stereocenters. The average molecular weight is 1840 g/mol. The average Bonchev–Trinajstić information content (AvgIpc) is 1.65.